The van der Waals surface area contributed by atoms with Crippen molar-refractivity contribution < 1.29 is 4.39 Å². The Labute approximate surface area is 117 Å². The molecule has 0 spiro atoms. The summed E-state index contributed by atoms with van der Waals surface area (Å²) in [5, 5.41) is 7.01. The molecule has 19 heavy (non-hydrogen) atoms. The zero-order valence-electron chi connectivity index (χ0n) is 11.2. The normalized spacial score (nSPS) is 12.9. The van der Waals surface area contributed by atoms with E-state index >= 15 is 0 Å². The Balaban J connectivity index is 2.62. The van der Waals surface area contributed by atoms with Crippen LogP contribution < -0.4 is 5.73 Å². The van der Waals surface area contributed by atoms with Crippen molar-refractivity contribution in [2.24, 2.45) is 5.92 Å². The van der Waals surface area contributed by atoms with E-state index in [9.17, 15) is 4.39 Å². The monoisotopic (exact) mass is 281 g/mol. The van der Waals surface area contributed by atoms with Gasteiger partial charge in [0, 0.05) is 22.7 Å². The van der Waals surface area contributed by atoms with Gasteiger partial charge >= 0.3 is 0 Å². The minimum absolute atomic E-state index is 0.0845. The Morgan fingerprint density at radius 2 is 2.00 bits per heavy atom. The van der Waals surface area contributed by atoms with E-state index in [1.54, 1.807) is 12.1 Å². The highest BCUT2D eigenvalue weighted by molar-refractivity contribution is 6.31. The van der Waals surface area contributed by atoms with Crippen molar-refractivity contribution in [3.63, 3.8) is 0 Å². The van der Waals surface area contributed by atoms with E-state index in [-0.39, 0.29) is 10.9 Å². The molecule has 0 bridgehead atoms. The molecule has 0 saturated heterocycles. The molecule has 3 nitrogen and oxygen atoms in total. The summed E-state index contributed by atoms with van der Waals surface area (Å²) < 4.78 is 14.2. The van der Waals surface area contributed by atoms with Crippen molar-refractivity contribution in [3.8, 4) is 11.1 Å². The molecule has 1 aromatic heterocycles. The number of nitrogen functional groups attached to an aromatic ring is 1. The Morgan fingerprint density at radius 1 is 1.32 bits per heavy atom. The fourth-order valence-corrected chi connectivity index (χ4v) is 2.19. The SMILES string of the molecule is CC(C)C(C)c1[nH]nc(N)c1-c1cccc(Cl)c1F. The van der Waals surface area contributed by atoms with Gasteiger partial charge in [0.2, 0.25) is 0 Å². The summed E-state index contributed by atoms with van der Waals surface area (Å²) in [5.74, 6) is 0.414. The van der Waals surface area contributed by atoms with Crippen LogP contribution >= 0.6 is 11.6 Å². The van der Waals surface area contributed by atoms with Crippen molar-refractivity contribution in [1.82, 2.24) is 10.2 Å². The number of anilines is 1. The predicted octanol–water partition coefficient (Wildman–Crippen LogP) is 4.21. The van der Waals surface area contributed by atoms with Gasteiger partial charge in [0.1, 0.15) is 5.82 Å². The van der Waals surface area contributed by atoms with Crippen molar-refractivity contribution in [1.29, 1.82) is 0 Å². The highest BCUT2D eigenvalue weighted by atomic mass is 35.5. The van der Waals surface area contributed by atoms with Crippen LogP contribution in [-0.4, -0.2) is 10.2 Å². The summed E-state index contributed by atoms with van der Waals surface area (Å²) in [6, 6.07) is 4.89. The third-order valence-electron chi connectivity index (χ3n) is 3.50. The molecular formula is C14H17ClFN3. The van der Waals surface area contributed by atoms with Gasteiger partial charge in [-0.25, -0.2) is 4.39 Å². The lowest BCUT2D eigenvalue weighted by Gasteiger charge is -2.16. The summed E-state index contributed by atoms with van der Waals surface area (Å²) in [4.78, 5) is 0. The number of hydrogen-bond donors (Lipinski definition) is 2. The molecular weight excluding hydrogens is 265 g/mol. The van der Waals surface area contributed by atoms with Crippen LogP contribution in [0.3, 0.4) is 0 Å². The molecule has 0 fully saturated rings. The summed E-state index contributed by atoms with van der Waals surface area (Å²) in [6.45, 7) is 6.25. The van der Waals surface area contributed by atoms with E-state index in [1.807, 2.05) is 0 Å². The van der Waals surface area contributed by atoms with Gasteiger partial charge in [-0.05, 0) is 12.0 Å². The van der Waals surface area contributed by atoms with E-state index in [0.29, 0.717) is 22.9 Å². The van der Waals surface area contributed by atoms with Gasteiger partial charge in [-0.15, -0.1) is 0 Å². The molecule has 1 heterocycles. The molecule has 2 rings (SSSR count). The Bertz CT molecular complexity index is 592. The number of rotatable bonds is 3. The quantitative estimate of drug-likeness (QED) is 0.885. The van der Waals surface area contributed by atoms with Crippen molar-refractivity contribution in [2.75, 3.05) is 5.73 Å². The van der Waals surface area contributed by atoms with Gasteiger partial charge in [-0.3, -0.25) is 5.10 Å². The molecule has 2 aromatic rings. The lowest BCUT2D eigenvalue weighted by Crippen LogP contribution is -2.05. The van der Waals surface area contributed by atoms with Gasteiger partial charge in [0.25, 0.3) is 0 Å². The zero-order valence-corrected chi connectivity index (χ0v) is 11.9. The first-order chi connectivity index (χ1) is 8.93. The first-order valence-corrected chi connectivity index (χ1v) is 6.59. The Hall–Kier alpha value is -1.55. The third-order valence-corrected chi connectivity index (χ3v) is 3.79. The minimum atomic E-state index is -0.463. The molecule has 0 aliphatic heterocycles. The molecule has 1 aromatic carbocycles. The summed E-state index contributed by atoms with van der Waals surface area (Å²) in [7, 11) is 0. The second-order valence-corrected chi connectivity index (χ2v) is 5.44. The second kappa shape index (κ2) is 5.21. The molecule has 102 valence electrons. The van der Waals surface area contributed by atoms with Crippen molar-refractivity contribution >= 4 is 17.4 Å². The Morgan fingerprint density at radius 3 is 2.63 bits per heavy atom. The maximum atomic E-state index is 14.2. The predicted molar refractivity (Wildman–Crippen MR) is 76.7 cm³/mol. The average Bonchev–Trinajstić information content (AvgIpc) is 2.73. The smallest absolute Gasteiger partial charge is 0.153 e. The number of benzene rings is 1. The fraction of sp³-hybridized carbons (Fsp3) is 0.357. The third kappa shape index (κ3) is 2.45. The number of nitrogens with one attached hydrogen (secondary N) is 1. The molecule has 3 N–H and O–H groups in total. The van der Waals surface area contributed by atoms with Gasteiger partial charge in [-0.2, -0.15) is 5.10 Å². The maximum Gasteiger partial charge on any atom is 0.153 e. The first-order valence-electron chi connectivity index (χ1n) is 6.21. The van der Waals surface area contributed by atoms with Crippen LogP contribution in [0.25, 0.3) is 11.1 Å². The summed E-state index contributed by atoms with van der Waals surface area (Å²) in [6.07, 6.45) is 0. The first kappa shape index (κ1) is 13.9. The highest BCUT2D eigenvalue weighted by Crippen LogP contribution is 2.37. The summed E-state index contributed by atoms with van der Waals surface area (Å²) >= 11 is 5.83. The topological polar surface area (TPSA) is 54.7 Å². The number of halogens is 2. The number of hydrogen-bond acceptors (Lipinski definition) is 2. The van der Waals surface area contributed by atoms with E-state index in [4.69, 9.17) is 17.3 Å². The summed E-state index contributed by atoms with van der Waals surface area (Å²) in [5.41, 5.74) is 7.72. The van der Waals surface area contributed by atoms with Crippen LogP contribution in [0, 0.1) is 11.7 Å². The lowest BCUT2D eigenvalue weighted by atomic mass is 9.90. The molecule has 0 aliphatic rings. The second-order valence-electron chi connectivity index (χ2n) is 5.03. The number of aromatic amines is 1. The van der Waals surface area contributed by atoms with E-state index in [1.165, 1.54) is 6.07 Å². The van der Waals surface area contributed by atoms with Crippen molar-refractivity contribution in [3.05, 3.63) is 34.7 Å². The van der Waals surface area contributed by atoms with Crippen molar-refractivity contribution in [2.45, 2.75) is 26.7 Å². The highest BCUT2D eigenvalue weighted by Gasteiger charge is 2.23. The molecule has 0 amide bonds. The number of nitrogens with two attached hydrogens (primary N) is 1. The minimum Gasteiger partial charge on any atom is -0.382 e. The van der Waals surface area contributed by atoms with Crippen LogP contribution in [0.1, 0.15) is 32.4 Å². The zero-order chi connectivity index (χ0) is 14.2. The van der Waals surface area contributed by atoms with Gasteiger partial charge in [0.05, 0.1) is 5.02 Å². The number of H-pyrrole nitrogens is 1. The van der Waals surface area contributed by atoms with Crippen LogP contribution in [0.2, 0.25) is 5.02 Å². The molecule has 0 radical (unpaired) electrons. The van der Waals surface area contributed by atoms with Gasteiger partial charge in [0.15, 0.2) is 5.82 Å². The van der Waals surface area contributed by atoms with Crippen LogP contribution in [0.4, 0.5) is 10.2 Å². The van der Waals surface area contributed by atoms with E-state index in [2.05, 4.69) is 31.0 Å². The van der Waals surface area contributed by atoms with Gasteiger partial charge < -0.3 is 5.73 Å². The molecule has 1 atom stereocenters. The maximum absolute atomic E-state index is 14.2. The molecule has 5 heteroatoms. The molecule has 0 saturated carbocycles. The number of aromatic nitrogens is 2. The van der Waals surface area contributed by atoms with Crippen LogP contribution in [0.5, 0.6) is 0 Å². The standard InChI is InChI=1S/C14H17ClFN3/c1-7(2)8(3)13-11(14(17)19-18-13)9-5-4-6-10(15)12(9)16/h4-8H,1-3H3,(H3,17,18,19). The van der Waals surface area contributed by atoms with Crippen LogP contribution in [0.15, 0.2) is 18.2 Å². The molecule has 1 unspecified atom stereocenters. The Kier molecular flexibility index (Phi) is 3.80. The van der Waals surface area contributed by atoms with E-state index < -0.39 is 5.82 Å². The fourth-order valence-electron chi connectivity index (χ4n) is 2.01. The average molecular weight is 282 g/mol. The lowest BCUT2D eigenvalue weighted by molar-refractivity contribution is 0.523. The van der Waals surface area contributed by atoms with E-state index in [0.717, 1.165) is 5.69 Å². The largest absolute Gasteiger partial charge is 0.382 e. The van der Waals surface area contributed by atoms with Crippen LogP contribution in [-0.2, 0) is 0 Å². The van der Waals surface area contributed by atoms with Gasteiger partial charge in [-0.1, -0.05) is 44.5 Å². The molecule has 0 aliphatic carbocycles. The number of nitrogens with zero attached hydrogens (tertiary/aromatic N) is 1.